The summed E-state index contributed by atoms with van der Waals surface area (Å²) in [7, 11) is 0. The first-order valence-corrected chi connectivity index (χ1v) is 6.03. The Balaban J connectivity index is 2.31. The van der Waals surface area contributed by atoms with Crippen LogP contribution in [0.2, 0.25) is 0 Å². The minimum absolute atomic E-state index is 0.0453. The van der Waals surface area contributed by atoms with Gasteiger partial charge in [0.2, 0.25) is 0 Å². The lowest BCUT2D eigenvalue weighted by Gasteiger charge is -2.36. The Morgan fingerprint density at radius 2 is 1.88 bits per heavy atom. The summed E-state index contributed by atoms with van der Waals surface area (Å²) in [6.07, 6.45) is 7.72. The van der Waals surface area contributed by atoms with Crippen LogP contribution >= 0.6 is 0 Å². The van der Waals surface area contributed by atoms with Crippen molar-refractivity contribution in [1.82, 2.24) is 5.32 Å². The maximum absolute atomic E-state index is 10.7. The van der Waals surface area contributed by atoms with Crippen LogP contribution in [0.1, 0.15) is 25.3 Å². The predicted octanol–water partition coefficient (Wildman–Crippen LogP) is 2.58. The lowest BCUT2D eigenvalue weighted by atomic mass is 9.84. The third-order valence-corrected chi connectivity index (χ3v) is 2.92. The molecule has 2 rings (SSSR count). The molecule has 17 heavy (non-hydrogen) atoms. The van der Waals surface area contributed by atoms with Gasteiger partial charge in [0, 0.05) is 12.0 Å². The summed E-state index contributed by atoms with van der Waals surface area (Å²) in [6.45, 7) is 4.07. The monoisotopic (exact) mass is 229 g/mol. The molecule has 2 unspecified atom stereocenters. The van der Waals surface area contributed by atoms with Crippen molar-refractivity contribution in [3.05, 3.63) is 60.2 Å². The van der Waals surface area contributed by atoms with Gasteiger partial charge in [-0.05, 0) is 25.5 Å². The van der Waals surface area contributed by atoms with Crippen LogP contribution in [0.5, 0.6) is 0 Å². The first kappa shape index (κ1) is 12.1. The summed E-state index contributed by atoms with van der Waals surface area (Å²) in [6, 6.07) is 10.3. The number of rotatable bonds is 3. The molecule has 0 radical (unpaired) electrons. The van der Waals surface area contributed by atoms with Crippen LogP contribution in [0.25, 0.3) is 0 Å². The normalized spacial score (nSPS) is 27.6. The highest BCUT2D eigenvalue weighted by molar-refractivity contribution is 5.34. The van der Waals surface area contributed by atoms with Crippen LogP contribution in [0, 0.1) is 0 Å². The SMILES string of the molecule is CC(C)NC1(O)C=CC=CC1c1ccccc1. The van der Waals surface area contributed by atoms with E-state index in [0.29, 0.717) is 0 Å². The van der Waals surface area contributed by atoms with Gasteiger partial charge in [0.15, 0.2) is 0 Å². The van der Waals surface area contributed by atoms with Crippen molar-refractivity contribution < 1.29 is 5.11 Å². The molecule has 0 bridgehead atoms. The zero-order valence-corrected chi connectivity index (χ0v) is 10.3. The highest BCUT2D eigenvalue weighted by atomic mass is 16.3. The number of benzene rings is 1. The van der Waals surface area contributed by atoms with Gasteiger partial charge in [-0.3, -0.25) is 5.32 Å². The number of hydrogen-bond acceptors (Lipinski definition) is 2. The van der Waals surface area contributed by atoms with Gasteiger partial charge < -0.3 is 5.11 Å². The van der Waals surface area contributed by atoms with Gasteiger partial charge >= 0.3 is 0 Å². The molecule has 2 heteroatoms. The fraction of sp³-hybridized carbons (Fsp3) is 0.333. The minimum atomic E-state index is -0.996. The molecule has 0 amide bonds. The Labute approximate surface area is 103 Å². The molecule has 2 N–H and O–H groups in total. The maximum Gasteiger partial charge on any atom is 0.146 e. The van der Waals surface area contributed by atoms with Crippen molar-refractivity contribution in [3.63, 3.8) is 0 Å². The van der Waals surface area contributed by atoms with Gasteiger partial charge in [0.1, 0.15) is 5.72 Å². The quantitative estimate of drug-likeness (QED) is 0.781. The fourth-order valence-corrected chi connectivity index (χ4v) is 2.25. The lowest BCUT2D eigenvalue weighted by Crippen LogP contribution is -2.51. The Morgan fingerprint density at radius 3 is 2.53 bits per heavy atom. The molecule has 0 spiro atoms. The predicted molar refractivity (Wildman–Crippen MR) is 70.7 cm³/mol. The lowest BCUT2D eigenvalue weighted by molar-refractivity contribution is 0.0305. The van der Waals surface area contributed by atoms with Crippen LogP contribution in [0.15, 0.2) is 54.6 Å². The standard InChI is InChI=1S/C15H19NO/c1-12(2)16-15(17)11-7-6-10-14(15)13-8-4-3-5-9-13/h3-12,14,16-17H,1-2H3. The molecule has 1 aliphatic carbocycles. The third kappa shape index (κ3) is 2.65. The van der Waals surface area contributed by atoms with Crippen LogP contribution in [0.3, 0.4) is 0 Å². The average molecular weight is 229 g/mol. The first-order chi connectivity index (χ1) is 8.12. The molecule has 0 saturated heterocycles. The molecular formula is C15H19NO. The number of aliphatic hydroxyl groups is 1. The summed E-state index contributed by atoms with van der Waals surface area (Å²) in [5.41, 5.74) is 0.119. The highest BCUT2D eigenvalue weighted by Gasteiger charge is 2.35. The van der Waals surface area contributed by atoms with Crippen LogP contribution in [0.4, 0.5) is 0 Å². The molecule has 2 atom stereocenters. The van der Waals surface area contributed by atoms with Crippen molar-refractivity contribution in [1.29, 1.82) is 0 Å². The number of nitrogens with one attached hydrogen (secondary N) is 1. The van der Waals surface area contributed by atoms with E-state index in [1.54, 1.807) is 0 Å². The Hall–Kier alpha value is -1.38. The topological polar surface area (TPSA) is 32.3 Å². The van der Waals surface area contributed by atoms with Gasteiger partial charge in [-0.25, -0.2) is 0 Å². The zero-order chi connectivity index (χ0) is 12.3. The molecule has 1 aromatic rings. The van der Waals surface area contributed by atoms with Gasteiger partial charge in [-0.2, -0.15) is 0 Å². The van der Waals surface area contributed by atoms with E-state index < -0.39 is 5.72 Å². The number of hydrogen-bond donors (Lipinski definition) is 2. The zero-order valence-electron chi connectivity index (χ0n) is 10.3. The van der Waals surface area contributed by atoms with Crippen molar-refractivity contribution in [3.8, 4) is 0 Å². The third-order valence-electron chi connectivity index (χ3n) is 2.92. The minimum Gasteiger partial charge on any atom is -0.371 e. The molecule has 1 aliphatic rings. The van der Waals surface area contributed by atoms with Gasteiger partial charge in [0.25, 0.3) is 0 Å². The Bertz CT molecular complexity index is 422. The van der Waals surface area contributed by atoms with Crippen molar-refractivity contribution in [2.75, 3.05) is 0 Å². The second-order valence-corrected chi connectivity index (χ2v) is 4.76. The summed E-state index contributed by atoms with van der Waals surface area (Å²) >= 11 is 0. The second kappa shape index (κ2) is 4.86. The largest absolute Gasteiger partial charge is 0.371 e. The van der Waals surface area contributed by atoms with Crippen LogP contribution < -0.4 is 5.32 Å². The molecule has 0 saturated carbocycles. The van der Waals surface area contributed by atoms with Gasteiger partial charge in [0.05, 0.1) is 0 Å². The van der Waals surface area contributed by atoms with Gasteiger partial charge in [-0.15, -0.1) is 0 Å². The molecule has 0 heterocycles. The van der Waals surface area contributed by atoms with Crippen LogP contribution in [-0.4, -0.2) is 16.9 Å². The smallest absolute Gasteiger partial charge is 0.146 e. The van der Waals surface area contributed by atoms with E-state index in [9.17, 15) is 5.11 Å². The molecule has 0 aromatic heterocycles. The molecule has 2 nitrogen and oxygen atoms in total. The summed E-state index contributed by atoms with van der Waals surface area (Å²) in [4.78, 5) is 0. The number of allylic oxidation sites excluding steroid dienone is 2. The Morgan fingerprint density at radius 1 is 1.18 bits per heavy atom. The molecule has 0 fully saturated rings. The molecule has 0 aliphatic heterocycles. The summed E-state index contributed by atoms with van der Waals surface area (Å²) in [5, 5.41) is 13.9. The Kier molecular flexibility index (Phi) is 3.46. The van der Waals surface area contributed by atoms with E-state index in [4.69, 9.17) is 0 Å². The van der Waals surface area contributed by atoms with Crippen LogP contribution in [-0.2, 0) is 0 Å². The van der Waals surface area contributed by atoms with Crippen molar-refractivity contribution >= 4 is 0 Å². The molecular weight excluding hydrogens is 210 g/mol. The molecule has 90 valence electrons. The van der Waals surface area contributed by atoms with Crippen molar-refractivity contribution in [2.24, 2.45) is 0 Å². The second-order valence-electron chi connectivity index (χ2n) is 4.76. The summed E-state index contributed by atoms with van der Waals surface area (Å²) in [5.74, 6) is -0.0453. The van der Waals surface area contributed by atoms with E-state index in [-0.39, 0.29) is 12.0 Å². The highest BCUT2D eigenvalue weighted by Crippen LogP contribution is 2.32. The molecule has 1 aromatic carbocycles. The van der Waals surface area contributed by atoms with E-state index in [1.165, 1.54) is 0 Å². The average Bonchev–Trinajstić information content (AvgIpc) is 2.29. The van der Waals surface area contributed by atoms with E-state index in [2.05, 4.69) is 5.32 Å². The fourth-order valence-electron chi connectivity index (χ4n) is 2.25. The van der Waals surface area contributed by atoms with E-state index >= 15 is 0 Å². The van der Waals surface area contributed by atoms with Crippen molar-refractivity contribution in [2.45, 2.75) is 31.5 Å². The first-order valence-electron chi connectivity index (χ1n) is 6.03. The van der Waals surface area contributed by atoms with Gasteiger partial charge in [-0.1, -0.05) is 48.6 Å². The van der Waals surface area contributed by atoms with E-state index in [1.807, 2.05) is 68.5 Å². The van der Waals surface area contributed by atoms with E-state index in [0.717, 1.165) is 5.56 Å². The maximum atomic E-state index is 10.7. The summed E-state index contributed by atoms with van der Waals surface area (Å²) < 4.78 is 0.